The van der Waals surface area contributed by atoms with E-state index >= 15 is 0 Å². The first kappa shape index (κ1) is 14.5. The van der Waals surface area contributed by atoms with Crippen LogP contribution in [0.25, 0.3) is 0 Å². The number of hydrogen-bond acceptors (Lipinski definition) is 3. The van der Waals surface area contributed by atoms with Crippen LogP contribution in [0, 0.1) is 17.7 Å². The van der Waals surface area contributed by atoms with Crippen LogP contribution in [0.2, 0.25) is 0 Å². The minimum Gasteiger partial charge on any atom is -0.384 e. The van der Waals surface area contributed by atoms with Crippen molar-refractivity contribution in [2.45, 2.75) is 25.4 Å². The fourth-order valence-corrected chi connectivity index (χ4v) is 2.06. The summed E-state index contributed by atoms with van der Waals surface area (Å²) >= 11 is 0. The summed E-state index contributed by atoms with van der Waals surface area (Å²) in [5.41, 5.74) is 0.630. The van der Waals surface area contributed by atoms with Crippen LogP contribution in [-0.4, -0.2) is 30.3 Å². The summed E-state index contributed by atoms with van der Waals surface area (Å²) in [6.07, 6.45) is 2.15. The number of carbonyl (C=O) groups excluding carboxylic acids is 1. The van der Waals surface area contributed by atoms with Crippen molar-refractivity contribution in [1.29, 1.82) is 0 Å². The summed E-state index contributed by atoms with van der Waals surface area (Å²) < 4.78 is 18.8. The third kappa shape index (κ3) is 4.05. The average molecular weight is 277 g/mol. The van der Waals surface area contributed by atoms with E-state index in [1.807, 2.05) is 0 Å². The molecule has 2 N–H and O–H groups in total. The largest absolute Gasteiger partial charge is 0.384 e. The number of aliphatic hydroxyl groups is 1. The van der Waals surface area contributed by atoms with Gasteiger partial charge in [0.15, 0.2) is 0 Å². The second-order valence-electron chi connectivity index (χ2n) is 4.54. The molecule has 20 heavy (non-hydrogen) atoms. The van der Waals surface area contributed by atoms with Crippen molar-refractivity contribution in [3.8, 4) is 11.8 Å². The Bertz CT molecular complexity index is 542. The molecule has 1 aliphatic heterocycles. The smallest absolute Gasteiger partial charge is 0.226 e. The molecule has 1 aromatic carbocycles. The van der Waals surface area contributed by atoms with Crippen molar-refractivity contribution in [1.82, 2.24) is 0 Å². The maximum atomic E-state index is 13.4. The molecule has 0 spiro atoms. The van der Waals surface area contributed by atoms with Gasteiger partial charge in [-0.05, 0) is 31.0 Å². The fourth-order valence-electron chi connectivity index (χ4n) is 2.06. The van der Waals surface area contributed by atoms with Crippen molar-refractivity contribution in [2.75, 3.05) is 18.5 Å². The van der Waals surface area contributed by atoms with Crippen LogP contribution >= 0.6 is 0 Å². The number of aliphatic hydroxyl groups excluding tert-OH is 1. The highest BCUT2D eigenvalue weighted by Gasteiger charge is 2.19. The molecule has 1 aliphatic rings. The molecular weight excluding hydrogens is 261 g/mol. The Morgan fingerprint density at radius 2 is 2.40 bits per heavy atom. The van der Waals surface area contributed by atoms with Gasteiger partial charge in [-0.15, -0.1) is 0 Å². The molecule has 1 aromatic rings. The summed E-state index contributed by atoms with van der Waals surface area (Å²) in [6, 6.07) is 4.17. The Morgan fingerprint density at radius 1 is 1.55 bits per heavy atom. The van der Waals surface area contributed by atoms with Crippen LogP contribution in [0.5, 0.6) is 0 Å². The zero-order valence-corrected chi connectivity index (χ0v) is 11.0. The summed E-state index contributed by atoms with van der Waals surface area (Å²) in [6.45, 7) is 0.366. The van der Waals surface area contributed by atoms with Gasteiger partial charge in [-0.1, -0.05) is 11.8 Å². The van der Waals surface area contributed by atoms with Gasteiger partial charge in [-0.25, -0.2) is 4.39 Å². The van der Waals surface area contributed by atoms with Crippen LogP contribution in [0.15, 0.2) is 18.2 Å². The van der Waals surface area contributed by atoms with E-state index < -0.39 is 5.82 Å². The minimum absolute atomic E-state index is 0.0240. The molecule has 1 atom stereocenters. The number of carbonyl (C=O) groups is 1. The quantitative estimate of drug-likeness (QED) is 0.826. The lowest BCUT2D eigenvalue weighted by Crippen LogP contribution is -2.19. The summed E-state index contributed by atoms with van der Waals surface area (Å²) in [5, 5.41) is 11.3. The van der Waals surface area contributed by atoms with Gasteiger partial charge in [0.2, 0.25) is 5.91 Å². The highest BCUT2D eigenvalue weighted by atomic mass is 19.1. The monoisotopic (exact) mass is 277 g/mol. The molecule has 1 unspecified atom stereocenters. The number of anilines is 1. The maximum Gasteiger partial charge on any atom is 0.226 e. The molecule has 106 valence electrons. The van der Waals surface area contributed by atoms with Crippen LogP contribution in [-0.2, 0) is 9.53 Å². The lowest BCUT2D eigenvalue weighted by Gasteiger charge is -2.10. The van der Waals surface area contributed by atoms with Crippen molar-refractivity contribution < 1.29 is 19.0 Å². The van der Waals surface area contributed by atoms with Gasteiger partial charge in [-0.2, -0.15) is 0 Å². The number of ether oxygens (including phenoxy) is 1. The van der Waals surface area contributed by atoms with Crippen LogP contribution in [0.3, 0.4) is 0 Å². The molecule has 0 radical (unpaired) electrons. The van der Waals surface area contributed by atoms with E-state index in [-0.39, 0.29) is 24.2 Å². The average Bonchev–Trinajstić information content (AvgIpc) is 2.92. The Morgan fingerprint density at radius 3 is 3.10 bits per heavy atom. The third-order valence-corrected chi connectivity index (χ3v) is 2.99. The molecule has 0 saturated carbocycles. The van der Waals surface area contributed by atoms with Gasteiger partial charge in [0.05, 0.1) is 18.1 Å². The molecule has 0 aliphatic carbocycles. The van der Waals surface area contributed by atoms with E-state index in [0.717, 1.165) is 12.8 Å². The second-order valence-corrected chi connectivity index (χ2v) is 4.54. The summed E-state index contributed by atoms with van der Waals surface area (Å²) in [5.74, 6) is 4.23. The molecule has 5 heteroatoms. The lowest BCUT2D eigenvalue weighted by molar-refractivity contribution is -0.118. The van der Waals surface area contributed by atoms with Crippen LogP contribution < -0.4 is 5.32 Å². The lowest BCUT2D eigenvalue weighted by atomic mass is 10.1. The third-order valence-electron chi connectivity index (χ3n) is 2.99. The number of hydrogen-bond donors (Lipinski definition) is 2. The van der Waals surface area contributed by atoms with Crippen molar-refractivity contribution in [2.24, 2.45) is 0 Å². The Hall–Kier alpha value is -1.90. The first-order chi connectivity index (χ1) is 9.69. The number of amides is 1. The van der Waals surface area contributed by atoms with Crippen LogP contribution in [0.1, 0.15) is 24.8 Å². The molecule has 1 saturated heterocycles. The highest BCUT2D eigenvalue weighted by Crippen LogP contribution is 2.18. The molecule has 0 aromatic heterocycles. The summed E-state index contributed by atoms with van der Waals surface area (Å²) in [7, 11) is 0. The first-order valence-corrected chi connectivity index (χ1v) is 6.50. The zero-order valence-electron chi connectivity index (χ0n) is 11.0. The normalized spacial score (nSPS) is 17.4. The molecule has 1 fully saturated rings. The van der Waals surface area contributed by atoms with Gasteiger partial charge in [0.25, 0.3) is 0 Å². The molecule has 0 bridgehead atoms. The first-order valence-electron chi connectivity index (χ1n) is 6.50. The van der Waals surface area contributed by atoms with Gasteiger partial charge in [0.1, 0.15) is 12.4 Å². The minimum atomic E-state index is -0.483. The number of halogens is 1. The Kier molecular flexibility index (Phi) is 5.10. The van der Waals surface area contributed by atoms with E-state index in [9.17, 15) is 9.18 Å². The maximum absolute atomic E-state index is 13.4. The fraction of sp³-hybridized carbons (Fsp3) is 0.400. The van der Waals surface area contributed by atoms with E-state index in [4.69, 9.17) is 9.84 Å². The SMILES string of the molecule is O=C(CC1CCCO1)Nc1ccc(F)c(C#CCO)c1. The molecule has 4 nitrogen and oxygen atoms in total. The second kappa shape index (κ2) is 7.04. The van der Waals surface area contributed by atoms with E-state index in [1.165, 1.54) is 18.2 Å². The number of nitrogens with one attached hydrogen (secondary N) is 1. The predicted octanol–water partition coefficient (Wildman–Crippen LogP) is 1.68. The van der Waals surface area contributed by atoms with E-state index in [0.29, 0.717) is 18.7 Å². The van der Waals surface area contributed by atoms with Gasteiger partial charge < -0.3 is 15.2 Å². The van der Waals surface area contributed by atoms with E-state index in [1.54, 1.807) is 0 Å². The Balaban J connectivity index is 1.99. The highest BCUT2D eigenvalue weighted by molar-refractivity contribution is 5.91. The van der Waals surface area contributed by atoms with Crippen molar-refractivity contribution in [3.05, 3.63) is 29.6 Å². The van der Waals surface area contributed by atoms with E-state index in [2.05, 4.69) is 17.2 Å². The molecule has 1 heterocycles. The predicted molar refractivity (Wildman–Crippen MR) is 72.6 cm³/mol. The van der Waals surface area contributed by atoms with Gasteiger partial charge in [-0.3, -0.25) is 4.79 Å². The van der Waals surface area contributed by atoms with Crippen molar-refractivity contribution >= 4 is 11.6 Å². The molecule has 2 rings (SSSR count). The molecule has 1 amide bonds. The number of rotatable bonds is 3. The van der Waals surface area contributed by atoms with Gasteiger partial charge >= 0.3 is 0 Å². The molecular formula is C15H16FNO3. The van der Waals surface area contributed by atoms with Crippen LogP contribution in [0.4, 0.5) is 10.1 Å². The Labute approximate surface area is 116 Å². The number of benzene rings is 1. The zero-order chi connectivity index (χ0) is 14.4. The summed E-state index contributed by atoms with van der Waals surface area (Å²) in [4.78, 5) is 11.8. The van der Waals surface area contributed by atoms with Crippen molar-refractivity contribution in [3.63, 3.8) is 0 Å². The standard InChI is InChI=1S/C15H16FNO3/c16-14-6-5-12(9-11(14)3-1-7-18)17-15(19)10-13-4-2-8-20-13/h5-6,9,13,18H,2,4,7-8,10H2,(H,17,19). The van der Waals surface area contributed by atoms with Gasteiger partial charge in [0, 0.05) is 12.3 Å². The topological polar surface area (TPSA) is 58.6 Å².